The molecule has 2 rings (SSSR count). The fourth-order valence-electron chi connectivity index (χ4n) is 1.11. The Bertz CT molecular complexity index is 356. The Morgan fingerprint density at radius 2 is 1.22 bits per heavy atom. The van der Waals surface area contributed by atoms with Crippen molar-refractivity contribution in [3.63, 3.8) is 0 Å². The summed E-state index contributed by atoms with van der Waals surface area (Å²) in [7, 11) is -5.84. The molecule has 0 aliphatic heterocycles. The first-order valence-corrected chi connectivity index (χ1v) is 7.64. The number of thiophene rings is 1. The summed E-state index contributed by atoms with van der Waals surface area (Å²) in [6.45, 7) is 0. The van der Waals surface area contributed by atoms with Gasteiger partial charge in [0.2, 0.25) is 0 Å². The van der Waals surface area contributed by atoms with E-state index in [1.54, 1.807) is 11.3 Å². The van der Waals surface area contributed by atoms with E-state index in [0.29, 0.717) is 0 Å². The summed E-state index contributed by atoms with van der Waals surface area (Å²) in [5.74, 6) is 0. The molecule has 0 bridgehead atoms. The van der Waals surface area contributed by atoms with Gasteiger partial charge in [-0.05, 0) is 10.8 Å². The van der Waals surface area contributed by atoms with E-state index in [-0.39, 0.29) is 0 Å². The molecule has 1 saturated carbocycles. The highest BCUT2D eigenvalue weighted by molar-refractivity contribution is 7.86. The average molecular weight is 304 g/mol. The molecule has 1 fully saturated rings. The van der Waals surface area contributed by atoms with Crippen LogP contribution in [0.2, 0.25) is 0 Å². The molecule has 0 atom stereocenters. The van der Waals surface area contributed by atoms with Crippen LogP contribution < -0.4 is 0 Å². The van der Waals surface area contributed by atoms with E-state index in [9.17, 15) is 13.2 Å². The van der Waals surface area contributed by atoms with Crippen LogP contribution in [0.25, 0.3) is 0 Å². The van der Waals surface area contributed by atoms with Gasteiger partial charge in [-0.2, -0.15) is 32.9 Å². The highest BCUT2D eigenvalue weighted by atomic mass is 32.2. The normalized spacial score (nSPS) is 15.1. The lowest BCUT2D eigenvalue weighted by Gasteiger charge is -1.97. The lowest BCUT2D eigenvalue weighted by molar-refractivity contribution is -0.0510. The van der Waals surface area contributed by atoms with Crippen LogP contribution in [0.5, 0.6) is 0 Å². The lowest BCUT2D eigenvalue weighted by Crippen LogP contribution is -2.21. The summed E-state index contributed by atoms with van der Waals surface area (Å²) in [6, 6.07) is 4.04. The van der Waals surface area contributed by atoms with E-state index in [4.69, 9.17) is 13.0 Å². The van der Waals surface area contributed by atoms with E-state index in [1.807, 2.05) is 22.9 Å². The summed E-state index contributed by atoms with van der Waals surface area (Å²) < 4.78 is 57.5. The van der Waals surface area contributed by atoms with Crippen LogP contribution in [0.4, 0.5) is 13.2 Å². The predicted octanol–water partition coefficient (Wildman–Crippen LogP) is 4.09. The Balaban J connectivity index is 0.000000250. The number of hydrogen-bond donors (Lipinski definition) is 1. The summed E-state index contributed by atoms with van der Waals surface area (Å²) >= 11 is 1.71. The largest absolute Gasteiger partial charge is 0.522 e. The zero-order valence-electron chi connectivity index (χ0n) is 9.56. The van der Waals surface area contributed by atoms with Crippen molar-refractivity contribution < 1.29 is 26.1 Å². The minimum absolute atomic E-state index is 1.50. The molecular weight excluding hydrogens is 289 g/mol. The van der Waals surface area contributed by atoms with E-state index >= 15 is 0 Å². The van der Waals surface area contributed by atoms with Crippen LogP contribution in [-0.2, 0) is 10.1 Å². The molecule has 1 aliphatic carbocycles. The molecule has 8 heteroatoms. The van der Waals surface area contributed by atoms with E-state index in [1.165, 1.54) is 32.1 Å². The van der Waals surface area contributed by atoms with Gasteiger partial charge < -0.3 is 0 Å². The van der Waals surface area contributed by atoms with Crippen molar-refractivity contribution in [2.45, 2.75) is 37.6 Å². The van der Waals surface area contributed by atoms with Gasteiger partial charge in [-0.3, -0.25) is 4.55 Å². The first kappa shape index (κ1) is 17.4. The summed E-state index contributed by atoms with van der Waals surface area (Å²) in [5.41, 5.74) is -5.53. The molecule has 1 N–H and O–H groups in total. The predicted molar refractivity (Wildman–Crippen MR) is 65.0 cm³/mol. The van der Waals surface area contributed by atoms with Crippen molar-refractivity contribution in [3.8, 4) is 0 Å². The van der Waals surface area contributed by atoms with Gasteiger partial charge in [0.25, 0.3) is 0 Å². The summed E-state index contributed by atoms with van der Waals surface area (Å²) in [4.78, 5) is 0. The Labute approximate surface area is 108 Å². The Hall–Kier alpha value is -0.600. The SMILES string of the molecule is C1CCCC1.O=S(=O)(O)C(F)(F)F.c1ccsc1. The van der Waals surface area contributed by atoms with Gasteiger partial charge >= 0.3 is 15.6 Å². The summed E-state index contributed by atoms with van der Waals surface area (Å²) in [5, 5.41) is 4.08. The molecule has 0 aromatic carbocycles. The van der Waals surface area contributed by atoms with Crippen molar-refractivity contribution in [2.75, 3.05) is 0 Å². The van der Waals surface area contributed by atoms with Gasteiger partial charge in [0.1, 0.15) is 0 Å². The van der Waals surface area contributed by atoms with Crippen molar-refractivity contribution in [1.82, 2.24) is 0 Å². The van der Waals surface area contributed by atoms with Crippen LogP contribution in [0.1, 0.15) is 32.1 Å². The number of hydrogen-bond acceptors (Lipinski definition) is 3. The molecule has 18 heavy (non-hydrogen) atoms. The van der Waals surface area contributed by atoms with Gasteiger partial charge in [-0.1, -0.05) is 44.2 Å². The maximum Gasteiger partial charge on any atom is 0.522 e. The third-order valence-electron chi connectivity index (χ3n) is 1.97. The van der Waals surface area contributed by atoms with Crippen LogP contribution >= 0.6 is 11.3 Å². The standard InChI is InChI=1S/C5H10.C4H4S.CHF3O3S/c2*1-2-4-5-3-1;2-1(3,4)8(5,6)7/h1-5H2;1-4H;(H,5,6,7). The smallest absolute Gasteiger partial charge is 0.279 e. The first-order valence-electron chi connectivity index (χ1n) is 5.26. The molecule has 0 amide bonds. The van der Waals surface area contributed by atoms with Gasteiger partial charge in [0, 0.05) is 0 Å². The highest BCUT2D eigenvalue weighted by Crippen LogP contribution is 2.20. The summed E-state index contributed by atoms with van der Waals surface area (Å²) in [6.07, 6.45) is 7.50. The van der Waals surface area contributed by atoms with Crippen LogP contribution in [0, 0.1) is 0 Å². The molecular formula is C10H15F3O3S2. The zero-order valence-corrected chi connectivity index (χ0v) is 11.2. The minimum Gasteiger partial charge on any atom is -0.279 e. The molecule has 0 spiro atoms. The maximum atomic E-state index is 10.7. The second-order valence-corrected chi connectivity index (χ2v) is 5.71. The second-order valence-electron chi connectivity index (χ2n) is 3.48. The van der Waals surface area contributed by atoms with Gasteiger partial charge in [-0.25, -0.2) is 0 Å². The molecule has 106 valence electrons. The number of alkyl halides is 3. The van der Waals surface area contributed by atoms with Crippen molar-refractivity contribution >= 4 is 21.5 Å². The van der Waals surface area contributed by atoms with Crippen molar-refractivity contribution in [3.05, 3.63) is 22.9 Å². The van der Waals surface area contributed by atoms with Gasteiger partial charge in [-0.15, -0.1) is 0 Å². The minimum atomic E-state index is -5.84. The number of halogens is 3. The van der Waals surface area contributed by atoms with Crippen LogP contribution in [-0.4, -0.2) is 18.5 Å². The quantitative estimate of drug-likeness (QED) is 0.580. The zero-order chi connectivity index (χ0) is 14.1. The molecule has 1 aliphatic rings. The molecule has 3 nitrogen and oxygen atoms in total. The van der Waals surface area contributed by atoms with Crippen LogP contribution in [0.15, 0.2) is 22.9 Å². The molecule has 0 saturated heterocycles. The fraction of sp³-hybridized carbons (Fsp3) is 0.600. The molecule has 0 radical (unpaired) electrons. The Morgan fingerprint density at radius 3 is 1.33 bits per heavy atom. The van der Waals surface area contributed by atoms with Gasteiger partial charge in [0.15, 0.2) is 0 Å². The monoisotopic (exact) mass is 304 g/mol. The van der Waals surface area contributed by atoms with E-state index < -0.39 is 15.6 Å². The molecule has 0 unspecified atom stereocenters. The number of rotatable bonds is 0. The topological polar surface area (TPSA) is 54.4 Å². The third kappa shape index (κ3) is 9.43. The Kier molecular flexibility index (Phi) is 8.21. The maximum absolute atomic E-state index is 10.7. The van der Waals surface area contributed by atoms with Crippen LogP contribution in [0.3, 0.4) is 0 Å². The van der Waals surface area contributed by atoms with Crippen molar-refractivity contribution in [1.29, 1.82) is 0 Å². The second kappa shape index (κ2) is 8.49. The molecule has 1 heterocycles. The van der Waals surface area contributed by atoms with E-state index in [2.05, 4.69) is 0 Å². The van der Waals surface area contributed by atoms with Gasteiger partial charge in [0.05, 0.1) is 0 Å². The highest BCUT2D eigenvalue weighted by Gasteiger charge is 2.44. The van der Waals surface area contributed by atoms with E-state index in [0.717, 1.165) is 0 Å². The average Bonchev–Trinajstić information content (AvgIpc) is 2.95. The lowest BCUT2D eigenvalue weighted by atomic mass is 10.4. The first-order chi connectivity index (χ1) is 8.25. The third-order valence-corrected chi connectivity index (χ3v) is 3.18. The fourth-order valence-corrected chi connectivity index (χ4v) is 1.56. The van der Waals surface area contributed by atoms with Crippen molar-refractivity contribution in [2.24, 2.45) is 0 Å². The molecule has 1 aromatic rings. The Morgan fingerprint density at radius 1 is 0.944 bits per heavy atom. The molecule has 1 aromatic heterocycles.